The van der Waals surface area contributed by atoms with E-state index in [4.69, 9.17) is 0 Å². The first kappa shape index (κ1) is 20.3. The molecule has 0 aliphatic rings. The molecule has 0 heterocycles. The van der Waals surface area contributed by atoms with Gasteiger partial charge in [0.1, 0.15) is 12.1 Å². The topological polar surface area (TPSA) is 86.7 Å². The Hall–Kier alpha value is -0.770. The lowest BCUT2D eigenvalue weighted by molar-refractivity contribution is -0.336. The van der Waals surface area contributed by atoms with Crippen molar-refractivity contribution in [3.63, 3.8) is 0 Å². The van der Waals surface area contributed by atoms with Gasteiger partial charge in [-0.25, -0.2) is 4.79 Å². The molecule has 12 heteroatoms. The highest BCUT2D eigenvalue weighted by molar-refractivity contribution is 14.1. The van der Waals surface area contributed by atoms with Crippen molar-refractivity contribution in [1.29, 1.82) is 0 Å². The summed E-state index contributed by atoms with van der Waals surface area (Å²) < 4.78 is 66.6. The van der Waals surface area contributed by atoms with E-state index in [1.165, 1.54) is 45.2 Å². The normalized spacial score (nSPS) is 13.6. The van der Waals surface area contributed by atoms with Crippen LogP contribution in [-0.2, 0) is 9.59 Å². The van der Waals surface area contributed by atoms with Crippen LogP contribution in [0.2, 0.25) is 0 Å². The Morgan fingerprint density at radius 3 is 1.91 bits per heavy atom. The highest BCUT2D eigenvalue weighted by Crippen LogP contribution is 2.37. The molecule has 0 aromatic heterocycles. The molecule has 0 amide bonds. The van der Waals surface area contributed by atoms with Crippen LogP contribution in [0.3, 0.4) is 0 Å². The molecule has 1 unspecified atom stereocenters. The van der Waals surface area contributed by atoms with Crippen molar-refractivity contribution < 1.29 is 46.5 Å². The maximum Gasteiger partial charge on any atom is 0.491 e. The van der Waals surface area contributed by atoms with Gasteiger partial charge in [0.2, 0.25) is 0 Å². The molecule has 0 aliphatic carbocycles. The minimum Gasteiger partial charge on any atom is -0.544 e. The first-order valence-corrected chi connectivity index (χ1v) is 7.49. The van der Waals surface area contributed by atoms with Crippen molar-refractivity contribution in [1.82, 2.24) is 0 Å². The summed E-state index contributed by atoms with van der Waals surface area (Å²) in [6.45, 7) is 0. The Kier molecular flexibility index (Phi) is 6.17. The Morgan fingerprint density at radius 2 is 1.57 bits per heavy atom. The molecule has 1 rings (SSSR count). The zero-order valence-electron chi connectivity index (χ0n) is 10.5. The van der Waals surface area contributed by atoms with Crippen LogP contribution in [-0.4, -0.2) is 29.1 Å². The molecule has 0 saturated carbocycles. The van der Waals surface area contributed by atoms with E-state index in [2.05, 4.69) is 4.74 Å². The minimum atomic E-state index is -5.26. The fraction of sp³-hybridized carbons (Fsp3) is 0.273. The third kappa shape index (κ3) is 4.62. The van der Waals surface area contributed by atoms with Gasteiger partial charge in [0.25, 0.3) is 0 Å². The highest BCUT2D eigenvalue weighted by Gasteiger charge is 2.43. The van der Waals surface area contributed by atoms with Crippen LogP contribution in [0.4, 0.5) is 22.0 Å². The summed E-state index contributed by atoms with van der Waals surface area (Å²) >= 11 is 2.77. The molecule has 0 radical (unpaired) electrons. The molecule has 1 N–H and O–H groups in total. The molecule has 0 fully saturated rings. The quantitative estimate of drug-likeness (QED) is 0.261. The Labute approximate surface area is 152 Å². The zero-order valence-corrected chi connectivity index (χ0v) is 14.8. The summed E-state index contributed by atoms with van der Waals surface area (Å²) in [5.74, 6) is -10.5. The third-order valence-electron chi connectivity index (χ3n) is 2.38. The second-order valence-electron chi connectivity index (χ2n) is 4.01. The van der Waals surface area contributed by atoms with Crippen molar-refractivity contribution in [2.75, 3.05) is 0 Å². The second-order valence-corrected chi connectivity index (χ2v) is 6.34. The number of hydrogen-bond acceptors (Lipinski definition) is 5. The summed E-state index contributed by atoms with van der Waals surface area (Å²) in [7, 11) is 0. The first-order valence-electron chi connectivity index (χ1n) is 5.33. The van der Waals surface area contributed by atoms with Crippen LogP contribution >= 0.6 is 45.2 Å². The molecule has 0 aliphatic heterocycles. The lowest BCUT2D eigenvalue weighted by atomic mass is 10.0. The van der Waals surface area contributed by atoms with Gasteiger partial charge in [0.15, 0.2) is 5.75 Å². The first-order chi connectivity index (χ1) is 10.3. The number of hydrogen-bond donors (Lipinski definition) is 1. The maximum atomic E-state index is 13.2. The molecule has 1 atom stereocenters. The number of carbonyl (C=O) groups is 2. The molecule has 23 heavy (non-hydrogen) atoms. The van der Waals surface area contributed by atoms with Crippen molar-refractivity contribution in [3.05, 3.63) is 24.8 Å². The number of ether oxygens (including phenoxy) is 1. The van der Waals surface area contributed by atoms with Gasteiger partial charge >= 0.3 is 18.1 Å². The van der Waals surface area contributed by atoms with E-state index in [-0.39, 0.29) is 7.14 Å². The molecule has 1 aromatic carbocycles. The van der Waals surface area contributed by atoms with Gasteiger partial charge in [0, 0.05) is 0 Å². The van der Waals surface area contributed by atoms with E-state index in [0.29, 0.717) is 0 Å². The van der Waals surface area contributed by atoms with E-state index in [9.17, 15) is 41.8 Å². The number of benzene rings is 1. The fourth-order valence-corrected chi connectivity index (χ4v) is 3.34. The lowest BCUT2D eigenvalue weighted by Crippen LogP contribution is -2.45. The number of halogens is 7. The van der Waals surface area contributed by atoms with Crippen molar-refractivity contribution >= 4 is 57.1 Å². The number of aliphatic hydroxyl groups is 1. The fourth-order valence-electron chi connectivity index (χ4n) is 1.31. The molecular formula is C11H4F5I2O5-. The van der Waals surface area contributed by atoms with E-state index < -0.39 is 41.5 Å². The second kappa shape index (κ2) is 7.00. The van der Waals surface area contributed by atoms with Gasteiger partial charge in [-0.2, -0.15) is 22.0 Å². The van der Waals surface area contributed by atoms with Gasteiger partial charge in [-0.05, 0) is 62.9 Å². The molecule has 0 saturated heterocycles. The predicted molar refractivity (Wildman–Crippen MR) is 78.5 cm³/mol. The number of carbonyl (C=O) groups excluding carboxylic acids is 2. The summed E-state index contributed by atoms with van der Waals surface area (Å²) in [4.78, 5) is 21.1. The van der Waals surface area contributed by atoms with Gasteiger partial charge in [-0.15, -0.1) is 0 Å². The third-order valence-corrected chi connectivity index (χ3v) is 3.98. The number of carboxylic acids is 1. The molecule has 0 bridgehead atoms. The molecule has 0 spiro atoms. The summed E-state index contributed by atoms with van der Waals surface area (Å²) in [5, 5.41) is 19.7. The number of carboxylic acid groups (broad SMARTS) is 1. The van der Waals surface area contributed by atoms with Crippen molar-refractivity contribution in [3.8, 4) is 5.75 Å². The Balaban J connectivity index is 3.21. The average molecular weight is 565 g/mol. The molecular weight excluding hydrogens is 561 g/mol. The molecule has 5 nitrogen and oxygen atoms in total. The van der Waals surface area contributed by atoms with Gasteiger partial charge in [-0.3, -0.25) is 0 Å². The van der Waals surface area contributed by atoms with Crippen LogP contribution in [0.25, 0.3) is 0 Å². The van der Waals surface area contributed by atoms with Crippen LogP contribution in [0.15, 0.2) is 12.1 Å². The van der Waals surface area contributed by atoms with Crippen molar-refractivity contribution in [2.24, 2.45) is 0 Å². The summed E-state index contributed by atoms with van der Waals surface area (Å²) in [6.07, 6.45) is -8.05. The standard InChI is InChI=1S/C11H5F5I2O5/c12-10(13,8(20)21)7(19)3-1-4(17)6(5(18)2-3)23-9(22)11(14,15)16/h1-2,7,19H,(H,20,21)/p-1. The number of aliphatic carboxylic acids is 1. The van der Waals surface area contributed by atoms with Crippen LogP contribution < -0.4 is 9.84 Å². The van der Waals surface area contributed by atoms with Crippen LogP contribution in [0.1, 0.15) is 11.7 Å². The number of rotatable bonds is 4. The number of alkyl halides is 5. The number of esters is 1. The van der Waals surface area contributed by atoms with Crippen molar-refractivity contribution in [2.45, 2.75) is 18.2 Å². The average Bonchev–Trinajstić information content (AvgIpc) is 2.40. The minimum absolute atomic E-state index is 0.213. The summed E-state index contributed by atoms with van der Waals surface area (Å²) in [5.41, 5.74) is -0.597. The number of aliphatic hydroxyl groups excluding tert-OH is 1. The maximum absolute atomic E-state index is 13.2. The SMILES string of the molecule is O=C(Oc1c(I)cc(C(O)C(F)(F)C(=O)[O-])cc1I)C(F)(F)F. The van der Waals surface area contributed by atoms with Gasteiger partial charge in [-0.1, -0.05) is 0 Å². The monoisotopic (exact) mass is 565 g/mol. The van der Waals surface area contributed by atoms with E-state index >= 15 is 0 Å². The predicted octanol–water partition coefficient (Wildman–Crippen LogP) is 1.78. The largest absolute Gasteiger partial charge is 0.544 e. The van der Waals surface area contributed by atoms with Gasteiger partial charge < -0.3 is 19.7 Å². The Morgan fingerprint density at radius 1 is 1.13 bits per heavy atom. The Bertz CT molecular complexity index is 623. The zero-order chi connectivity index (χ0) is 18.2. The highest BCUT2D eigenvalue weighted by atomic mass is 127. The molecule has 1 aromatic rings. The molecule has 128 valence electrons. The lowest BCUT2D eigenvalue weighted by Gasteiger charge is -2.24. The smallest absolute Gasteiger partial charge is 0.491 e. The van der Waals surface area contributed by atoms with Gasteiger partial charge in [0.05, 0.1) is 7.14 Å². The van der Waals surface area contributed by atoms with Crippen LogP contribution in [0.5, 0.6) is 5.75 Å². The summed E-state index contributed by atoms with van der Waals surface area (Å²) in [6, 6.07) is 1.53. The van der Waals surface area contributed by atoms with E-state index in [1.54, 1.807) is 0 Å². The van der Waals surface area contributed by atoms with Crippen LogP contribution in [0, 0.1) is 7.14 Å². The van der Waals surface area contributed by atoms with E-state index in [0.717, 1.165) is 12.1 Å². The van der Waals surface area contributed by atoms with E-state index in [1.807, 2.05) is 0 Å².